The number of aromatic amines is 2. The van der Waals surface area contributed by atoms with Gasteiger partial charge in [0.05, 0.1) is 6.42 Å². The van der Waals surface area contributed by atoms with Crippen LogP contribution in [0.3, 0.4) is 0 Å². The number of amides is 1. The number of carbonyl (C=O) groups is 1. The van der Waals surface area contributed by atoms with E-state index in [0.717, 1.165) is 0 Å². The van der Waals surface area contributed by atoms with Gasteiger partial charge in [-0.25, -0.2) is 0 Å². The Bertz CT molecular complexity index is 285. The van der Waals surface area contributed by atoms with Crippen molar-refractivity contribution in [3.8, 4) is 0 Å². The fourth-order valence-corrected chi connectivity index (χ4v) is 0.655. The van der Waals surface area contributed by atoms with Gasteiger partial charge < -0.3 is 10.8 Å². The van der Waals surface area contributed by atoms with Crippen molar-refractivity contribution in [3.63, 3.8) is 0 Å². The Kier molecular flexibility index (Phi) is 1.57. The highest BCUT2D eigenvalue weighted by Crippen LogP contribution is 1.86. The summed E-state index contributed by atoms with van der Waals surface area (Å²) in [6, 6.07) is 1.30. The van der Waals surface area contributed by atoms with Crippen molar-refractivity contribution in [2.75, 3.05) is 0 Å². The topological polar surface area (TPSA) is 91.7 Å². The zero-order valence-electron chi connectivity index (χ0n) is 5.18. The molecule has 0 aliphatic heterocycles. The van der Waals surface area contributed by atoms with E-state index in [1.165, 1.54) is 6.07 Å². The number of carbonyl (C=O) groups excluding carboxylic acids is 1. The van der Waals surface area contributed by atoms with Gasteiger partial charge in [-0.05, 0) is 0 Å². The second-order valence-electron chi connectivity index (χ2n) is 1.93. The summed E-state index contributed by atoms with van der Waals surface area (Å²) in [5.41, 5.74) is 5.12. The zero-order chi connectivity index (χ0) is 7.56. The molecule has 0 aliphatic carbocycles. The number of hydrogen-bond acceptors (Lipinski definition) is 2. The molecule has 10 heavy (non-hydrogen) atoms. The van der Waals surface area contributed by atoms with Crippen molar-refractivity contribution < 1.29 is 4.79 Å². The largest absolute Gasteiger partial charge is 0.369 e. The first kappa shape index (κ1) is 6.60. The van der Waals surface area contributed by atoms with Gasteiger partial charge in [-0.2, -0.15) is 0 Å². The van der Waals surface area contributed by atoms with Gasteiger partial charge in [0.25, 0.3) is 5.56 Å². The van der Waals surface area contributed by atoms with E-state index < -0.39 is 5.91 Å². The molecule has 54 valence electrons. The van der Waals surface area contributed by atoms with Crippen LogP contribution < -0.4 is 11.3 Å². The van der Waals surface area contributed by atoms with Crippen LogP contribution >= 0.6 is 0 Å². The van der Waals surface area contributed by atoms with E-state index in [9.17, 15) is 9.59 Å². The van der Waals surface area contributed by atoms with Crippen LogP contribution in [0, 0.1) is 0 Å². The molecule has 0 radical (unpaired) electrons. The van der Waals surface area contributed by atoms with Gasteiger partial charge >= 0.3 is 0 Å². The Hall–Kier alpha value is -1.52. The highest BCUT2D eigenvalue weighted by molar-refractivity contribution is 5.75. The lowest BCUT2D eigenvalue weighted by Gasteiger charge is -1.86. The minimum atomic E-state index is -0.463. The number of hydrogen-bond donors (Lipinski definition) is 3. The summed E-state index contributed by atoms with van der Waals surface area (Å²) in [6.45, 7) is 0. The van der Waals surface area contributed by atoms with Crippen molar-refractivity contribution in [2.24, 2.45) is 5.73 Å². The van der Waals surface area contributed by atoms with Crippen molar-refractivity contribution in [1.29, 1.82) is 0 Å². The summed E-state index contributed by atoms with van der Waals surface area (Å²) in [6.07, 6.45) is 0.0682. The number of aromatic nitrogens is 2. The van der Waals surface area contributed by atoms with Crippen LogP contribution in [0.1, 0.15) is 5.69 Å². The molecule has 0 saturated heterocycles. The molecule has 0 aliphatic rings. The van der Waals surface area contributed by atoms with Crippen molar-refractivity contribution >= 4 is 5.91 Å². The molecule has 1 aromatic rings. The average molecular weight is 141 g/mol. The molecule has 0 bridgehead atoms. The molecular formula is C5H7N3O2. The molecule has 0 unspecified atom stereocenters. The molecule has 0 saturated carbocycles. The van der Waals surface area contributed by atoms with Gasteiger partial charge in [0.2, 0.25) is 5.91 Å². The number of H-pyrrole nitrogens is 2. The van der Waals surface area contributed by atoms with Crippen LogP contribution in [-0.2, 0) is 11.2 Å². The van der Waals surface area contributed by atoms with E-state index in [4.69, 9.17) is 5.73 Å². The van der Waals surface area contributed by atoms with Crippen molar-refractivity contribution in [2.45, 2.75) is 6.42 Å². The van der Waals surface area contributed by atoms with Crippen LogP contribution in [0.5, 0.6) is 0 Å². The molecule has 4 N–H and O–H groups in total. The molecule has 1 rings (SSSR count). The first-order chi connectivity index (χ1) is 4.68. The van der Waals surface area contributed by atoms with E-state index in [-0.39, 0.29) is 12.0 Å². The van der Waals surface area contributed by atoms with E-state index in [0.29, 0.717) is 5.69 Å². The molecule has 0 spiro atoms. The van der Waals surface area contributed by atoms with Crippen LogP contribution in [0.4, 0.5) is 0 Å². The average Bonchev–Trinajstić information content (AvgIpc) is 2.13. The molecule has 5 heteroatoms. The van der Waals surface area contributed by atoms with Gasteiger partial charge in [-0.15, -0.1) is 0 Å². The standard InChI is InChI=1S/C5H7N3O2/c6-4(9)1-3-2-5(10)8-7-3/h2H,1H2,(H2,6,9)(H2,7,8,10). The zero-order valence-corrected chi connectivity index (χ0v) is 5.18. The normalized spacial score (nSPS) is 9.60. The van der Waals surface area contributed by atoms with Gasteiger partial charge in [0, 0.05) is 11.8 Å². The maximum Gasteiger partial charge on any atom is 0.264 e. The van der Waals surface area contributed by atoms with Gasteiger partial charge in [-0.3, -0.25) is 14.7 Å². The first-order valence-corrected chi connectivity index (χ1v) is 2.73. The minimum Gasteiger partial charge on any atom is -0.369 e. The Balaban J connectivity index is 2.76. The number of primary amides is 1. The van der Waals surface area contributed by atoms with Gasteiger partial charge in [0.15, 0.2) is 0 Å². The quantitative estimate of drug-likeness (QED) is 0.479. The second-order valence-corrected chi connectivity index (χ2v) is 1.93. The second kappa shape index (κ2) is 2.38. The molecule has 0 aromatic carbocycles. The number of rotatable bonds is 2. The predicted octanol–water partition coefficient (Wildman–Crippen LogP) is -1.27. The molecule has 5 nitrogen and oxygen atoms in total. The SMILES string of the molecule is NC(=O)Cc1cc(=O)[nH][nH]1. The summed E-state index contributed by atoms with van der Waals surface area (Å²) in [7, 11) is 0. The highest BCUT2D eigenvalue weighted by Gasteiger charge is 1.98. The molecule has 0 fully saturated rings. The van der Waals surface area contributed by atoms with Crippen LogP contribution in [0.2, 0.25) is 0 Å². The van der Waals surface area contributed by atoms with Crippen LogP contribution in [0.25, 0.3) is 0 Å². The predicted molar refractivity (Wildman–Crippen MR) is 34.3 cm³/mol. The third-order valence-corrected chi connectivity index (χ3v) is 1.02. The number of nitrogens with one attached hydrogen (secondary N) is 2. The summed E-state index contributed by atoms with van der Waals surface area (Å²) in [5.74, 6) is -0.463. The minimum absolute atomic E-state index is 0.0682. The fraction of sp³-hybridized carbons (Fsp3) is 0.200. The summed E-state index contributed by atoms with van der Waals surface area (Å²) in [5, 5.41) is 4.78. The fourth-order valence-electron chi connectivity index (χ4n) is 0.655. The highest BCUT2D eigenvalue weighted by atomic mass is 16.1. The lowest BCUT2D eigenvalue weighted by molar-refractivity contribution is -0.117. The monoisotopic (exact) mass is 141 g/mol. The third kappa shape index (κ3) is 1.48. The van der Waals surface area contributed by atoms with Crippen molar-refractivity contribution in [3.05, 3.63) is 22.1 Å². The lowest BCUT2D eigenvalue weighted by Crippen LogP contribution is -2.13. The van der Waals surface area contributed by atoms with E-state index in [1.807, 2.05) is 0 Å². The Morgan fingerprint density at radius 1 is 1.60 bits per heavy atom. The summed E-state index contributed by atoms with van der Waals surface area (Å²) in [4.78, 5) is 20.7. The van der Waals surface area contributed by atoms with Gasteiger partial charge in [0.1, 0.15) is 0 Å². The van der Waals surface area contributed by atoms with E-state index in [1.54, 1.807) is 0 Å². The summed E-state index contributed by atoms with van der Waals surface area (Å²) < 4.78 is 0. The molecule has 1 aromatic heterocycles. The lowest BCUT2D eigenvalue weighted by atomic mass is 10.3. The third-order valence-electron chi connectivity index (χ3n) is 1.02. The Morgan fingerprint density at radius 2 is 2.30 bits per heavy atom. The summed E-state index contributed by atoms with van der Waals surface area (Å²) >= 11 is 0. The van der Waals surface area contributed by atoms with Gasteiger partial charge in [-0.1, -0.05) is 0 Å². The van der Waals surface area contributed by atoms with Crippen molar-refractivity contribution in [1.82, 2.24) is 10.2 Å². The number of nitrogens with two attached hydrogens (primary N) is 1. The first-order valence-electron chi connectivity index (χ1n) is 2.73. The van der Waals surface area contributed by atoms with E-state index >= 15 is 0 Å². The van der Waals surface area contributed by atoms with Crippen LogP contribution in [0.15, 0.2) is 10.9 Å². The smallest absolute Gasteiger partial charge is 0.264 e. The Labute approximate surface area is 56.2 Å². The molecule has 1 heterocycles. The molecule has 1 amide bonds. The van der Waals surface area contributed by atoms with E-state index in [2.05, 4.69) is 10.2 Å². The maximum atomic E-state index is 10.4. The maximum absolute atomic E-state index is 10.4. The molecular weight excluding hydrogens is 134 g/mol. The van der Waals surface area contributed by atoms with Crippen LogP contribution in [-0.4, -0.2) is 16.1 Å². The Morgan fingerprint density at radius 3 is 2.70 bits per heavy atom. The molecule has 0 atom stereocenters.